The van der Waals surface area contributed by atoms with Crippen molar-refractivity contribution in [2.75, 3.05) is 13.2 Å². The van der Waals surface area contributed by atoms with E-state index in [1.165, 1.54) is 366 Å². The van der Waals surface area contributed by atoms with Crippen LogP contribution < -0.4 is 5.32 Å². The highest BCUT2D eigenvalue weighted by Gasteiger charge is 2.18. The molecule has 6 nitrogen and oxygen atoms in total. The van der Waals surface area contributed by atoms with Gasteiger partial charge in [-0.2, -0.15) is 0 Å². The van der Waals surface area contributed by atoms with Crippen molar-refractivity contribution in [2.24, 2.45) is 0 Å². The lowest BCUT2D eigenvalue weighted by molar-refractivity contribution is -0.143. The molecule has 0 spiro atoms. The van der Waals surface area contributed by atoms with Crippen LogP contribution in [-0.4, -0.2) is 47.4 Å². The SMILES string of the molecule is CCCCCCCCCCCCCCCCCC/C=C/C(O)C(CO)NC(=O)CCCCCCCCCCCCCCC/C=C\CCCCCCCCCCCCCCOC(=O)CCCCCCCCCCCCCCCCCCCCC. The molecule has 0 saturated carbocycles. The lowest BCUT2D eigenvalue weighted by atomic mass is 10.0. The van der Waals surface area contributed by atoms with E-state index < -0.39 is 12.1 Å². The first-order valence-corrected chi connectivity index (χ1v) is 38.1. The van der Waals surface area contributed by atoms with Gasteiger partial charge in [-0.05, 0) is 57.8 Å². The molecule has 0 aromatic rings. The third kappa shape index (κ3) is 69.3. The van der Waals surface area contributed by atoms with Crippen molar-refractivity contribution in [3.05, 3.63) is 24.3 Å². The molecule has 0 radical (unpaired) electrons. The highest BCUT2D eigenvalue weighted by molar-refractivity contribution is 5.76. The van der Waals surface area contributed by atoms with E-state index in [-0.39, 0.29) is 18.5 Å². The summed E-state index contributed by atoms with van der Waals surface area (Å²) in [5, 5.41) is 23.2. The number of unbranched alkanes of at least 4 members (excludes halogenated alkanes) is 59. The Labute approximate surface area is 520 Å². The van der Waals surface area contributed by atoms with Crippen molar-refractivity contribution in [3.8, 4) is 0 Å². The number of carbonyl (C=O) groups excluding carboxylic acids is 2. The minimum Gasteiger partial charge on any atom is -0.466 e. The van der Waals surface area contributed by atoms with Gasteiger partial charge in [0.25, 0.3) is 0 Å². The van der Waals surface area contributed by atoms with Gasteiger partial charge in [0.15, 0.2) is 0 Å². The quantitative estimate of drug-likeness (QED) is 0.0320. The average molecular weight is 1170 g/mol. The van der Waals surface area contributed by atoms with E-state index in [0.29, 0.717) is 19.4 Å². The van der Waals surface area contributed by atoms with Gasteiger partial charge in [-0.1, -0.05) is 385 Å². The fourth-order valence-corrected chi connectivity index (χ4v) is 12.2. The Morgan fingerprint density at radius 3 is 0.855 bits per heavy atom. The normalized spacial score (nSPS) is 12.6. The Hall–Kier alpha value is -1.66. The van der Waals surface area contributed by atoms with Gasteiger partial charge >= 0.3 is 5.97 Å². The maximum atomic E-state index is 12.5. The molecule has 0 heterocycles. The van der Waals surface area contributed by atoms with Crippen LogP contribution >= 0.6 is 0 Å². The minimum absolute atomic E-state index is 0.0219. The van der Waals surface area contributed by atoms with Crippen molar-refractivity contribution in [1.82, 2.24) is 5.32 Å². The predicted molar refractivity (Wildman–Crippen MR) is 366 cm³/mol. The highest BCUT2D eigenvalue weighted by atomic mass is 16.5. The first kappa shape index (κ1) is 81.3. The molecule has 2 unspecified atom stereocenters. The van der Waals surface area contributed by atoms with Crippen LogP contribution in [0.1, 0.15) is 431 Å². The van der Waals surface area contributed by atoms with Gasteiger partial charge < -0.3 is 20.3 Å². The number of rotatable bonds is 72. The summed E-state index contributed by atoms with van der Waals surface area (Å²) in [6.45, 7) is 4.96. The Bertz CT molecular complexity index is 1300. The summed E-state index contributed by atoms with van der Waals surface area (Å²) in [5.41, 5.74) is 0. The van der Waals surface area contributed by atoms with E-state index >= 15 is 0 Å². The summed E-state index contributed by atoms with van der Waals surface area (Å²) in [6, 6.07) is -0.628. The molecule has 0 rings (SSSR count). The monoisotopic (exact) mass is 1170 g/mol. The molecule has 0 aliphatic rings. The zero-order valence-corrected chi connectivity index (χ0v) is 56.5. The Kier molecular flexibility index (Phi) is 71.4. The van der Waals surface area contributed by atoms with Crippen LogP contribution in [0.4, 0.5) is 0 Å². The maximum Gasteiger partial charge on any atom is 0.305 e. The molecule has 0 aromatic carbocycles. The third-order valence-corrected chi connectivity index (χ3v) is 18.0. The van der Waals surface area contributed by atoms with Gasteiger partial charge in [-0.3, -0.25) is 9.59 Å². The summed E-state index contributed by atoms with van der Waals surface area (Å²) in [5.74, 6) is -0.0414. The molecule has 0 fully saturated rings. The van der Waals surface area contributed by atoms with Gasteiger partial charge in [-0.25, -0.2) is 0 Å². The smallest absolute Gasteiger partial charge is 0.305 e. The molecule has 2 atom stereocenters. The second-order valence-corrected chi connectivity index (χ2v) is 26.3. The third-order valence-electron chi connectivity index (χ3n) is 18.0. The molecule has 0 aliphatic heterocycles. The maximum absolute atomic E-state index is 12.5. The molecule has 3 N–H and O–H groups in total. The number of amides is 1. The Morgan fingerprint density at radius 2 is 0.566 bits per heavy atom. The summed E-state index contributed by atoms with van der Waals surface area (Å²) in [6.07, 6.45) is 92.8. The predicted octanol–water partition coefficient (Wildman–Crippen LogP) is 24.9. The van der Waals surface area contributed by atoms with Crippen LogP contribution in [0.15, 0.2) is 24.3 Å². The zero-order chi connectivity index (χ0) is 59.9. The van der Waals surface area contributed by atoms with Crippen LogP contribution in [-0.2, 0) is 14.3 Å². The fraction of sp³-hybridized carbons (Fsp3) is 0.922. The molecule has 492 valence electrons. The number of ether oxygens (including phenoxy) is 1. The lowest BCUT2D eigenvalue weighted by Gasteiger charge is -2.20. The minimum atomic E-state index is -0.844. The summed E-state index contributed by atoms with van der Waals surface area (Å²) in [4.78, 5) is 24.6. The van der Waals surface area contributed by atoms with Crippen LogP contribution in [0.25, 0.3) is 0 Å². The number of nitrogens with one attached hydrogen (secondary N) is 1. The zero-order valence-electron chi connectivity index (χ0n) is 56.5. The fourth-order valence-electron chi connectivity index (χ4n) is 12.2. The first-order valence-electron chi connectivity index (χ1n) is 38.1. The van der Waals surface area contributed by atoms with Crippen LogP contribution in [0.5, 0.6) is 0 Å². The molecule has 0 aliphatic carbocycles. The van der Waals surface area contributed by atoms with E-state index in [2.05, 4.69) is 31.3 Å². The summed E-state index contributed by atoms with van der Waals surface area (Å²) >= 11 is 0. The number of allylic oxidation sites excluding steroid dienone is 3. The lowest BCUT2D eigenvalue weighted by Crippen LogP contribution is -2.45. The molecule has 0 bridgehead atoms. The number of aliphatic hydroxyl groups is 2. The number of aliphatic hydroxyl groups excluding tert-OH is 2. The standard InChI is InChI=1S/C77H149NO5/c1-3-5-7-9-11-13-15-17-19-21-34-39-43-47-51-55-59-63-67-71-77(82)83-72-68-64-60-56-52-48-44-40-36-33-31-29-27-25-23-24-26-28-30-32-35-38-42-46-50-54-58-62-66-70-76(81)78-74(73-79)75(80)69-65-61-57-53-49-45-41-37-22-20-18-16-14-12-10-8-6-4-2/h23,25,65,69,74-75,79-80H,3-22,24,26-64,66-68,70-73H2,1-2H3,(H,78,81)/b25-23-,69-65+. The number of hydrogen-bond donors (Lipinski definition) is 3. The van der Waals surface area contributed by atoms with Gasteiger partial charge in [0, 0.05) is 12.8 Å². The van der Waals surface area contributed by atoms with Crippen LogP contribution in [0.2, 0.25) is 0 Å². The Morgan fingerprint density at radius 1 is 0.325 bits per heavy atom. The summed E-state index contributed by atoms with van der Waals surface area (Å²) < 4.78 is 5.52. The van der Waals surface area contributed by atoms with E-state index in [1.807, 2.05) is 6.08 Å². The summed E-state index contributed by atoms with van der Waals surface area (Å²) in [7, 11) is 0. The largest absolute Gasteiger partial charge is 0.466 e. The van der Waals surface area contributed by atoms with Gasteiger partial charge in [0.05, 0.1) is 25.4 Å². The van der Waals surface area contributed by atoms with Crippen molar-refractivity contribution < 1.29 is 24.5 Å². The highest BCUT2D eigenvalue weighted by Crippen LogP contribution is 2.19. The number of carbonyl (C=O) groups is 2. The number of esters is 1. The van der Waals surface area contributed by atoms with Gasteiger partial charge in [0.1, 0.15) is 0 Å². The van der Waals surface area contributed by atoms with Crippen molar-refractivity contribution in [2.45, 2.75) is 443 Å². The molecule has 1 amide bonds. The van der Waals surface area contributed by atoms with E-state index in [1.54, 1.807) is 6.08 Å². The topological polar surface area (TPSA) is 95.9 Å². The molecular formula is C77H149NO5. The molecule has 6 heteroatoms. The average Bonchev–Trinajstić information content (AvgIpc) is 3.49. The molecule has 0 aromatic heterocycles. The molecular weight excluding hydrogens is 1020 g/mol. The Balaban J connectivity index is 3.37. The van der Waals surface area contributed by atoms with Gasteiger partial charge in [-0.15, -0.1) is 0 Å². The van der Waals surface area contributed by atoms with E-state index in [0.717, 1.165) is 38.5 Å². The van der Waals surface area contributed by atoms with Crippen molar-refractivity contribution in [3.63, 3.8) is 0 Å². The first-order chi connectivity index (χ1) is 41.0. The van der Waals surface area contributed by atoms with Crippen molar-refractivity contribution in [1.29, 1.82) is 0 Å². The van der Waals surface area contributed by atoms with Crippen molar-refractivity contribution >= 4 is 11.9 Å². The van der Waals surface area contributed by atoms with Crippen LogP contribution in [0.3, 0.4) is 0 Å². The second-order valence-electron chi connectivity index (χ2n) is 26.3. The van der Waals surface area contributed by atoms with E-state index in [4.69, 9.17) is 4.74 Å². The van der Waals surface area contributed by atoms with Gasteiger partial charge in [0.2, 0.25) is 5.91 Å². The van der Waals surface area contributed by atoms with Crippen LogP contribution in [0, 0.1) is 0 Å². The molecule has 83 heavy (non-hydrogen) atoms. The van der Waals surface area contributed by atoms with E-state index in [9.17, 15) is 19.8 Å². The number of hydrogen-bond acceptors (Lipinski definition) is 5. The second kappa shape index (κ2) is 72.8. The molecule has 0 saturated heterocycles.